The number of imidazole rings is 1. The molecule has 1 atom stereocenters. The number of nitrogens with zero attached hydrogens (tertiary/aromatic N) is 4. The average molecular weight is 437 g/mol. The summed E-state index contributed by atoms with van der Waals surface area (Å²) in [6.45, 7) is 2.99. The molecule has 4 heterocycles. The minimum atomic E-state index is -4.72. The Bertz CT molecular complexity index is 1040. The summed E-state index contributed by atoms with van der Waals surface area (Å²) in [7, 11) is 0. The highest BCUT2D eigenvalue weighted by atomic mass is 32.1. The molecule has 6 nitrogen and oxygen atoms in total. The largest absolute Gasteiger partial charge is 0.573 e. The Morgan fingerprint density at radius 1 is 1.13 bits per heavy atom. The van der Waals surface area contributed by atoms with E-state index in [1.165, 1.54) is 48.8 Å². The molecule has 0 saturated carbocycles. The summed E-state index contributed by atoms with van der Waals surface area (Å²) < 4.78 is 43.4. The Morgan fingerprint density at radius 2 is 2.00 bits per heavy atom. The van der Waals surface area contributed by atoms with Crippen LogP contribution in [0, 0.1) is 0 Å². The van der Waals surface area contributed by atoms with E-state index in [1.807, 2.05) is 0 Å². The van der Waals surface area contributed by atoms with Gasteiger partial charge in [0.25, 0.3) is 0 Å². The molecule has 1 spiro atoms. The van der Waals surface area contributed by atoms with Gasteiger partial charge in [-0.25, -0.2) is 9.50 Å². The number of anilines is 1. The maximum atomic E-state index is 12.6. The Labute approximate surface area is 175 Å². The van der Waals surface area contributed by atoms with Crippen LogP contribution in [0.5, 0.6) is 5.75 Å². The maximum absolute atomic E-state index is 12.6. The van der Waals surface area contributed by atoms with Crippen molar-refractivity contribution in [2.24, 2.45) is 0 Å². The van der Waals surface area contributed by atoms with Crippen LogP contribution in [-0.4, -0.2) is 46.1 Å². The fourth-order valence-electron chi connectivity index (χ4n) is 4.54. The highest BCUT2D eigenvalue weighted by molar-refractivity contribution is 7.20. The van der Waals surface area contributed by atoms with Crippen LogP contribution in [0.2, 0.25) is 0 Å². The standard InChI is InChI=1S/C20H22F3N5OS/c21-20(22,23)29-15-5-1-4-14(12-15)16-13-24-17-28(16)26-18(30-17)27-10-3-7-19(8-11-27)6-2-9-25-19/h1,4-5,12-13,25H,2-3,6-11H2. The van der Waals surface area contributed by atoms with Gasteiger partial charge >= 0.3 is 6.36 Å². The third kappa shape index (κ3) is 3.85. The van der Waals surface area contributed by atoms with Crippen molar-refractivity contribution in [3.8, 4) is 17.0 Å². The predicted octanol–water partition coefficient (Wildman–Crippen LogP) is 4.47. The lowest BCUT2D eigenvalue weighted by atomic mass is 9.89. The van der Waals surface area contributed by atoms with Crippen LogP contribution >= 0.6 is 11.3 Å². The van der Waals surface area contributed by atoms with Crippen LogP contribution in [0.4, 0.5) is 18.3 Å². The third-order valence-electron chi connectivity index (χ3n) is 5.98. The molecule has 2 fully saturated rings. The van der Waals surface area contributed by atoms with Crippen molar-refractivity contribution in [1.29, 1.82) is 0 Å². The van der Waals surface area contributed by atoms with Gasteiger partial charge in [-0.15, -0.1) is 18.3 Å². The van der Waals surface area contributed by atoms with Crippen LogP contribution in [0.3, 0.4) is 0 Å². The molecular formula is C20H22F3N5OS. The monoisotopic (exact) mass is 437 g/mol. The number of fused-ring (bicyclic) bond motifs is 1. The molecule has 1 aromatic carbocycles. The zero-order chi connectivity index (χ0) is 20.8. The number of nitrogens with one attached hydrogen (secondary N) is 1. The van der Waals surface area contributed by atoms with E-state index in [0.29, 0.717) is 11.3 Å². The molecule has 0 bridgehead atoms. The van der Waals surface area contributed by atoms with E-state index >= 15 is 0 Å². The quantitative estimate of drug-likeness (QED) is 0.655. The van der Waals surface area contributed by atoms with Gasteiger partial charge in [-0.05, 0) is 50.8 Å². The first kappa shape index (κ1) is 19.6. The molecule has 5 rings (SSSR count). The number of hydrogen-bond donors (Lipinski definition) is 1. The van der Waals surface area contributed by atoms with Crippen molar-refractivity contribution >= 4 is 21.4 Å². The van der Waals surface area contributed by atoms with E-state index < -0.39 is 6.36 Å². The Kier molecular flexibility index (Phi) is 4.85. The van der Waals surface area contributed by atoms with E-state index in [2.05, 4.69) is 19.9 Å². The van der Waals surface area contributed by atoms with E-state index in [4.69, 9.17) is 5.10 Å². The van der Waals surface area contributed by atoms with Crippen molar-refractivity contribution < 1.29 is 17.9 Å². The molecule has 1 unspecified atom stereocenters. The summed E-state index contributed by atoms with van der Waals surface area (Å²) >= 11 is 1.51. The van der Waals surface area contributed by atoms with Crippen LogP contribution in [0.1, 0.15) is 32.1 Å². The Morgan fingerprint density at radius 3 is 2.80 bits per heavy atom. The van der Waals surface area contributed by atoms with Crippen molar-refractivity contribution in [2.45, 2.75) is 44.0 Å². The molecule has 3 aromatic rings. The van der Waals surface area contributed by atoms with Gasteiger partial charge in [0.05, 0.1) is 11.9 Å². The van der Waals surface area contributed by atoms with Gasteiger partial charge in [0.15, 0.2) is 0 Å². The van der Waals surface area contributed by atoms with Crippen molar-refractivity contribution in [1.82, 2.24) is 19.9 Å². The fourth-order valence-corrected chi connectivity index (χ4v) is 5.47. The molecule has 160 valence electrons. The summed E-state index contributed by atoms with van der Waals surface area (Å²) in [5.41, 5.74) is 1.49. The Balaban J connectivity index is 1.40. The van der Waals surface area contributed by atoms with Crippen LogP contribution in [-0.2, 0) is 0 Å². The second-order valence-corrected chi connectivity index (χ2v) is 8.88. The summed E-state index contributed by atoms with van der Waals surface area (Å²) in [5.74, 6) is -0.257. The van der Waals surface area contributed by atoms with Gasteiger partial charge in [0, 0.05) is 24.2 Å². The highest BCUT2D eigenvalue weighted by Crippen LogP contribution is 2.35. The lowest BCUT2D eigenvalue weighted by Crippen LogP contribution is -2.40. The first-order valence-electron chi connectivity index (χ1n) is 10.1. The van der Waals surface area contributed by atoms with Crippen molar-refractivity contribution in [3.63, 3.8) is 0 Å². The van der Waals surface area contributed by atoms with Gasteiger partial charge in [-0.1, -0.05) is 23.5 Å². The summed E-state index contributed by atoms with van der Waals surface area (Å²) in [4.78, 5) is 7.46. The normalized spacial score (nSPS) is 22.7. The molecule has 1 N–H and O–H groups in total. The minimum absolute atomic E-state index is 0.257. The number of aromatic nitrogens is 3. The first-order valence-corrected chi connectivity index (χ1v) is 10.9. The van der Waals surface area contributed by atoms with E-state index in [0.717, 1.165) is 42.6 Å². The lowest BCUT2D eigenvalue weighted by molar-refractivity contribution is -0.274. The van der Waals surface area contributed by atoms with Gasteiger partial charge in [0.1, 0.15) is 5.75 Å². The number of ether oxygens (including phenoxy) is 1. The zero-order valence-corrected chi connectivity index (χ0v) is 17.1. The number of alkyl halides is 3. The van der Waals surface area contributed by atoms with Gasteiger partial charge < -0.3 is 15.0 Å². The summed E-state index contributed by atoms with van der Waals surface area (Å²) in [6.07, 6.45) is 2.78. The molecule has 0 amide bonds. The number of rotatable bonds is 3. The smallest absolute Gasteiger partial charge is 0.406 e. The number of hydrogen-bond acceptors (Lipinski definition) is 6. The third-order valence-corrected chi connectivity index (χ3v) is 6.97. The summed E-state index contributed by atoms with van der Waals surface area (Å²) in [6, 6.07) is 5.91. The second-order valence-electron chi connectivity index (χ2n) is 7.95. The summed E-state index contributed by atoms with van der Waals surface area (Å²) in [5, 5.41) is 9.35. The fraction of sp³-hybridized carbons (Fsp3) is 0.500. The van der Waals surface area contributed by atoms with Crippen molar-refractivity contribution in [2.75, 3.05) is 24.5 Å². The molecule has 2 aliphatic rings. The van der Waals surface area contributed by atoms with E-state index in [-0.39, 0.29) is 11.3 Å². The molecule has 2 aromatic heterocycles. The molecule has 2 saturated heterocycles. The molecule has 0 radical (unpaired) electrons. The molecule has 30 heavy (non-hydrogen) atoms. The van der Waals surface area contributed by atoms with Crippen LogP contribution < -0.4 is 15.0 Å². The van der Waals surface area contributed by atoms with Gasteiger partial charge in [0.2, 0.25) is 10.1 Å². The first-order chi connectivity index (χ1) is 14.4. The second kappa shape index (κ2) is 7.42. The number of halogens is 3. The topological polar surface area (TPSA) is 54.7 Å². The minimum Gasteiger partial charge on any atom is -0.406 e. The molecule has 2 aliphatic heterocycles. The molecular weight excluding hydrogens is 415 g/mol. The average Bonchev–Trinajstić information content (AvgIpc) is 3.35. The van der Waals surface area contributed by atoms with Gasteiger partial charge in [-0.2, -0.15) is 0 Å². The Hall–Kier alpha value is -2.33. The molecule has 10 heteroatoms. The van der Waals surface area contributed by atoms with E-state index in [9.17, 15) is 13.2 Å². The van der Waals surface area contributed by atoms with Crippen LogP contribution in [0.15, 0.2) is 30.5 Å². The highest BCUT2D eigenvalue weighted by Gasteiger charge is 2.35. The predicted molar refractivity (Wildman–Crippen MR) is 109 cm³/mol. The zero-order valence-electron chi connectivity index (χ0n) is 16.3. The van der Waals surface area contributed by atoms with Gasteiger partial charge in [-0.3, -0.25) is 0 Å². The number of benzene rings is 1. The van der Waals surface area contributed by atoms with Crippen molar-refractivity contribution in [3.05, 3.63) is 30.5 Å². The maximum Gasteiger partial charge on any atom is 0.573 e. The SMILES string of the molecule is FC(F)(F)Oc1cccc(-c2cnc3sc(N4CCCC5(CCCN5)CC4)nn23)c1. The van der Waals surface area contributed by atoms with Crippen LogP contribution in [0.25, 0.3) is 16.2 Å². The van der Waals surface area contributed by atoms with E-state index in [1.54, 1.807) is 16.8 Å². The lowest BCUT2D eigenvalue weighted by Gasteiger charge is -2.28. The molecule has 0 aliphatic carbocycles.